The van der Waals surface area contributed by atoms with Crippen molar-refractivity contribution in [3.8, 4) is 11.5 Å². The first-order chi connectivity index (χ1) is 7.06. The van der Waals surface area contributed by atoms with Crippen molar-refractivity contribution in [3.05, 3.63) is 23.8 Å². The number of para-hydroxylation sites is 1. The maximum atomic E-state index is 9.21. The van der Waals surface area contributed by atoms with Crippen LogP contribution in [0.1, 0.15) is 12.5 Å². The quantitative estimate of drug-likeness (QED) is 0.775. The van der Waals surface area contributed by atoms with Crippen LogP contribution in [-0.4, -0.2) is 25.9 Å². The highest BCUT2D eigenvalue weighted by Gasteiger charge is 2.25. The molecular formula is C11H17NO3. The smallest absolute Gasteiger partial charge is 0.165 e. The third kappa shape index (κ3) is 2.22. The minimum atomic E-state index is -0.833. The molecule has 1 atom stereocenters. The number of methoxy groups -OCH3 is 2. The van der Waals surface area contributed by atoms with Crippen molar-refractivity contribution in [1.29, 1.82) is 0 Å². The van der Waals surface area contributed by atoms with Gasteiger partial charge in [-0.05, 0) is 13.0 Å². The molecule has 4 nitrogen and oxygen atoms in total. The van der Waals surface area contributed by atoms with E-state index in [9.17, 15) is 5.11 Å². The van der Waals surface area contributed by atoms with Crippen molar-refractivity contribution in [2.45, 2.75) is 12.5 Å². The number of aliphatic hydroxyl groups is 1. The van der Waals surface area contributed by atoms with E-state index in [0.717, 1.165) is 5.56 Å². The fourth-order valence-corrected chi connectivity index (χ4v) is 1.42. The molecular weight excluding hydrogens is 194 g/mol. The molecule has 0 spiro atoms. The van der Waals surface area contributed by atoms with Gasteiger partial charge >= 0.3 is 0 Å². The second kappa shape index (κ2) is 4.51. The molecule has 0 bridgehead atoms. The van der Waals surface area contributed by atoms with Crippen LogP contribution in [0.3, 0.4) is 0 Å². The van der Waals surface area contributed by atoms with Gasteiger partial charge in [0.1, 0.15) is 0 Å². The third-order valence-electron chi connectivity index (χ3n) is 2.35. The molecule has 0 aliphatic rings. The normalized spacial score (nSPS) is 14.5. The van der Waals surface area contributed by atoms with Gasteiger partial charge in [-0.15, -0.1) is 0 Å². The minimum absolute atomic E-state index is 0.156. The molecule has 0 radical (unpaired) electrons. The maximum Gasteiger partial charge on any atom is 0.165 e. The van der Waals surface area contributed by atoms with Gasteiger partial charge in [0, 0.05) is 5.56 Å². The summed E-state index contributed by atoms with van der Waals surface area (Å²) in [6.45, 7) is 1.58. The molecule has 1 unspecified atom stereocenters. The largest absolute Gasteiger partial charge is 0.493 e. The molecule has 84 valence electrons. The Kier molecular flexibility index (Phi) is 3.55. The van der Waals surface area contributed by atoms with E-state index in [2.05, 4.69) is 0 Å². The molecule has 15 heavy (non-hydrogen) atoms. The van der Waals surface area contributed by atoms with Crippen molar-refractivity contribution in [1.82, 2.24) is 0 Å². The number of hydrogen-bond acceptors (Lipinski definition) is 4. The summed E-state index contributed by atoms with van der Waals surface area (Å²) in [5, 5.41) is 9.21. The summed E-state index contributed by atoms with van der Waals surface area (Å²) < 4.78 is 10.4. The monoisotopic (exact) mass is 211 g/mol. The molecule has 0 saturated heterocycles. The molecule has 4 heteroatoms. The van der Waals surface area contributed by atoms with Crippen LogP contribution in [-0.2, 0) is 5.54 Å². The first-order valence-corrected chi connectivity index (χ1v) is 4.68. The highest BCUT2D eigenvalue weighted by Crippen LogP contribution is 2.35. The van der Waals surface area contributed by atoms with Crippen molar-refractivity contribution in [2.75, 3.05) is 20.8 Å². The van der Waals surface area contributed by atoms with Crippen molar-refractivity contribution in [2.24, 2.45) is 5.73 Å². The molecule has 0 aliphatic heterocycles. The van der Waals surface area contributed by atoms with Crippen LogP contribution in [0, 0.1) is 0 Å². The van der Waals surface area contributed by atoms with E-state index in [4.69, 9.17) is 15.2 Å². The van der Waals surface area contributed by atoms with E-state index < -0.39 is 5.54 Å². The van der Waals surface area contributed by atoms with Crippen LogP contribution in [0.5, 0.6) is 11.5 Å². The standard InChI is InChI=1S/C11H17NO3/c1-11(12,7-13)8-5-4-6-9(14-2)10(8)15-3/h4-6,13H,7,12H2,1-3H3. The van der Waals surface area contributed by atoms with Crippen LogP contribution in [0.4, 0.5) is 0 Å². The molecule has 0 aromatic heterocycles. The van der Waals surface area contributed by atoms with Gasteiger partial charge in [0.2, 0.25) is 0 Å². The maximum absolute atomic E-state index is 9.21. The van der Waals surface area contributed by atoms with E-state index in [1.54, 1.807) is 27.2 Å². The summed E-state index contributed by atoms with van der Waals surface area (Å²) in [4.78, 5) is 0. The molecule has 1 aromatic rings. The zero-order chi connectivity index (χ0) is 11.5. The molecule has 0 heterocycles. The molecule has 0 aliphatic carbocycles. The summed E-state index contributed by atoms with van der Waals surface area (Å²) in [5.41, 5.74) is 5.85. The molecule has 1 rings (SSSR count). The van der Waals surface area contributed by atoms with Crippen molar-refractivity contribution < 1.29 is 14.6 Å². The van der Waals surface area contributed by atoms with E-state index in [1.165, 1.54) is 0 Å². The molecule has 0 saturated carbocycles. The number of ether oxygens (including phenoxy) is 2. The van der Waals surface area contributed by atoms with E-state index in [-0.39, 0.29) is 6.61 Å². The van der Waals surface area contributed by atoms with Gasteiger partial charge in [0.25, 0.3) is 0 Å². The average molecular weight is 211 g/mol. The fourth-order valence-electron chi connectivity index (χ4n) is 1.42. The second-order valence-electron chi connectivity index (χ2n) is 3.62. The molecule has 1 aromatic carbocycles. The van der Waals surface area contributed by atoms with Crippen LogP contribution in [0.15, 0.2) is 18.2 Å². The first kappa shape index (κ1) is 11.8. The van der Waals surface area contributed by atoms with Gasteiger partial charge in [-0.3, -0.25) is 0 Å². The Morgan fingerprint density at radius 3 is 2.47 bits per heavy atom. The molecule has 3 N–H and O–H groups in total. The van der Waals surface area contributed by atoms with Crippen LogP contribution < -0.4 is 15.2 Å². The lowest BCUT2D eigenvalue weighted by Gasteiger charge is -2.25. The Balaban J connectivity index is 3.29. The number of rotatable bonds is 4. The van der Waals surface area contributed by atoms with Crippen LogP contribution >= 0.6 is 0 Å². The van der Waals surface area contributed by atoms with Crippen LogP contribution in [0.25, 0.3) is 0 Å². The zero-order valence-electron chi connectivity index (χ0n) is 9.28. The molecule has 0 fully saturated rings. The summed E-state index contributed by atoms with van der Waals surface area (Å²) in [6.07, 6.45) is 0. The number of nitrogens with two attached hydrogens (primary N) is 1. The van der Waals surface area contributed by atoms with E-state index in [1.807, 2.05) is 12.1 Å². The average Bonchev–Trinajstić information content (AvgIpc) is 2.27. The number of aliphatic hydroxyl groups excluding tert-OH is 1. The Morgan fingerprint density at radius 1 is 1.33 bits per heavy atom. The third-order valence-corrected chi connectivity index (χ3v) is 2.35. The first-order valence-electron chi connectivity index (χ1n) is 4.68. The van der Waals surface area contributed by atoms with Gasteiger partial charge in [-0.1, -0.05) is 12.1 Å². The Hall–Kier alpha value is -1.26. The Bertz CT molecular complexity index is 337. The Morgan fingerprint density at radius 2 is 2.00 bits per heavy atom. The van der Waals surface area contributed by atoms with Gasteiger partial charge in [-0.2, -0.15) is 0 Å². The lowest BCUT2D eigenvalue weighted by atomic mass is 9.93. The summed E-state index contributed by atoms with van der Waals surface area (Å²) in [7, 11) is 3.11. The zero-order valence-corrected chi connectivity index (χ0v) is 9.28. The van der Waals surface area contributed by atoms with Gasteiger partial charge in [0.15, 0.2) is 11.5 Å². The summed E-state index contributed by atoms with van der Waals surface area (Å²) >= 11 is 0. The predicted octanol–water partition coefficient (Wildman–Crippen LogP) is 0.870. The topological polar surface area (TPSA) is 64.7 Å². The van der Waals surface area contributed by atoms with E-state index >= 15 is 0 Å². The van der Waals surface area contributed by atoms with Crippen molar-refractivity contribution >= 4 is 0 Å². The lowest BCUT2D eigenvalue weighted by Crippen LogP contribution is -2.37. The highest BCUT2D eigenvalue weighted by atomic mass is 16.5. The fraction of sp³-hybridized carbons (Fsp3) is 0.455. The number of hydrogen-bond donors (Lipinski definition) is 2. The highest BCUT2D eigenvalue weighted by molar-refractivity contribution is 5.49. The SMILES string of the molecule is COc1cccc(C(C)(N)CO)c1OC. The Labute approximate surface area is 89.6 Å². The lowest BCUT2D eigenvalue weighted by molar-refractivity contribution is 0.205. The van der Waals surface area contributed by atoms with Gasteiger partial charge in [0.05, 0.1) is 26.4 Å². The minimum Gasteiger partial charge on any atom is -0.493 e. The van der Waals surface area contributed by atoms with Gasteiger partial charge in [-0.25, -0.2) is 0 Å². The second-order valence-corrected chi connectivity index (χ2v) is 3.62. The van der Waals surface area contributed by atoms with E-state index in [0.29, 0.717) is 11.5 Å². The number of benzene rings is 1. The summed E-state index contributed by atoms with van der Waals surface area (Å²) in [6, 6.07) is 5.42. The summed E-state index contributed by atoms with van der Waals surface area (Å²) in [5.74, 6) is 1.18. The van der Waals surface area contributed by atoms with Crippen LogP contribution in [0.2, 0.25) is 0 Å². The predicted molar refractivity (Wildman–Crippen MR) is 58.2 cm³/mol. The van der Waals surface area contributed by atoms with Gasteiger partial charge < -0.3 is 20.3 Å². The molecule has 0 amide bonds. The van der Waals surface area contributed by atoms with Crippen molar-refractivity contribution in [3.63, 3.8) is 0 Å².